The maximum Gasteiger partial charge on any atom is 0.281 e. The van der Waals surface area contributed by atoms with Gasteiger partial charge in [0.25, 0.3) is 5.69 Å². The van der Waals surface area contributed by atoms with Gasteiger partial charge in [0.1, 0.15) is 11.5 Å². The van der Waals surface area contributed by atoms with E-state index in [1.807, 2.05) is 31.2 Å². The van der Waals surface area contributed by atoms with Gasteiger partial charge in [-0.1, -0.05) is 18.2 Å². The van der Waals surface area contributed by atoms with E-state index >= 15 is 0 Å². The number of hydrogen-bond acceptors (Lipinski definition) is 5. The highest BCUT2D eigenvalue weighted by Gasteiger charge is 2.27. The van der Waals surface area contributed by atoms with Gasteiger partial charge in [-0.25, -0.2) is 0 Å². The van der Waals surface area contributed by atoms with Crippen LogP contribution in [0.15, 0.2) is 42.5 Å². The Bertz CT molecular complexity index is 695. The van der Waals surface area contributed by atoms with Crippen LogP contribution in [-0.2, 0) is 9.47 Å². The van der Waals surface area contributed by atoms with Gasteiger partial charge in [-0.3, -0.25) is 10.1 Å². The molecule has 0 unspecified atom stereocenters. The third-order valence-corrected chi connectivity index (χ3v) is 3.40. The summed E-state index contributed by atoms with van der Waals surface area (Å²) in [6.45, 7) is 2.78. The van der Waals surface area contributed by atoms with E-state index in [0.29, 0.717) is 30.3 Å². The molecule has 6 nitrogen and oxygen atoms in total. The molecular weight excluding hydrogens is 286 g/mol. The van der Waals surface area contributed by atoms with Crippen molar-refractivity contribution in [2.24, 2.45) is 0 Å². The van der Waals surface area contributed by atoms with E-state index in [2.05, 4.69) is 0 Å². The normalized spacial score (nSPS) is 15.0. The monoisotopic (exact) mass is 301 g/mol. The maximum atomic E-state index is 11.3. The Labute approximate surface area is 127 Å². The van der Waals surface area contributed by atoms with Gasteiger partial charge < -0.3 is 14.2 Å². The molecule has 1 aliphatic rings. The molecule has 0 aromatic heterocycles. The van der Waals surface area contributed by atoms with E-state index < -0.39 is 11.2 Å². The second-order valence-corrected chi connectivity index (χ2v) is 4.92. The molecule has 0 amide bonds. The summed E-state index contributed by atoms with van der Waals surface area (Å²) in [6.07, 6.45) is -0.687. The van der Waals surface area contributed by atoms with Crippen LogP contribution in [0.3, 0.4) is 0 Å². The Morgan fingerprint density at radius 2 is 1.91 bits per heavy atom. The summed E-state index contributed by atoms with van der Waals surface area (Å²) in [4.78, 5) is 10.8. The highest BCUT2D eigenvalue weighted by molar-refractivity contribution is 5.48. The van der Waals surface area contributed by atoms with E-state index in [1.165, 1.54) is 6.07 Å². The van der Waals surface area contributed by atoms with Crippen LogP contribution in [0.2, 0.25) is 0 Å². The Balaban J connectivity index is 1.92. The Kier molecular flexibility index (Phi) is 4.04. The average molecular weight is 301 g/mol. The van der Waals surface area contributed by atoms with E-state index in [1.54, 1.807) is 12.1 Å². The molecule has 1 saturated heterocycles. The molecule has 0 aliphatic carbocycles. The predicted molar refractivity (Wildman–Crippen MR) is 79.0 cm³/mol. The minimum Gasteiger partial charge on any atom is -0.457 e. The van der Waals surface area contributed by atoms with Gasteiger partial charge in [0.2, 0.25) is 0 Å². The van der Waals surface area contributed by atoms with Gasteiger partial charge in [-0.05, 0) is 30.7 Å². The molecule has 2 aromatic carbocycles. The largest absolute Gasteiger partial charge is 0.457 e. The number of aryl methyl sites for hydroxylation is 1. The number of nitro groups is 1. The SMILES string of the molecule is Cc1ccccc1Oc1ccc(C2OCCO2)c([N+](=O)[O-])c1. The minimum atomic E-state index is -0.687. The van der Waals surface area contributed by atoms with Crippen LogP contribution in [-0.4, -0.2) is 18.1 Å². The zero-order valence-corrected chi connectivity index (χ0v) is 12.0. The maximum absolute atomic E-state index is 11.3. The number of nitrogens with zero attached hydrogens (tertiary/aromatic N) is 1. The van der Waals surface area contributed by atoms with Crippen molar-refractivity contribution in [2.45, 2.75) is 13.2 Å². The molecule has 1 fully saturated rings. The lowest BCUT2D eigenvalue weighted by molar-refractivity contribution is -0.386. The van der Waals surface area contributed by atoms with Crippen molar-refractivity contribution in [1.82, 2.24) is 0 Å². The highest BCUT2D eigenvalue weighted by atomic mass is 16.7. The predicted octanol–water partition coefficient (Wildman–Crippen LogP) is 3.74. The van der Waals surface area contributed by atoms with Crippen LogP contribution in [0.1, 0.15) is 17.4 Å². The van der Waals surface area contributed by atoms with Crippen LogP contribution in [0.4, 0.5) is 5.69 Å². The number of rotatable bonds is 4. The van der Waals surface area contributed by atoms with E-state index in [9.17, 15) is 10.1 Å². The van der Waals surface area contributed by atoms with Crippen molar-refractivity contribution >= 4 is 5.69 Å². The van der Waals surface area contributed by atoms with Crippen LogP contribution in [0, 0.1) is 17.0 Å². The molecule has 22 heavy (non-hydrogen) atoms. The van der Waals surface area contributed by atoms with Gasteiger partial charge in [0.15, 0.2) is 6.29 Å². The number of para-hydroxylation sites is 1. The molecular formula is C16H15NO5. The lowest BCUT2D eigenvalue weighted by Crippen LogP contribution is -2.03. The molecule has 0 saturated carbocycles. The Morgan fingerprint density at radius 1 is 1.18 bits per heavy atom. The summed E-state index contributed by atoms with van der Waals surface area (Å²) >= 11 is 0. The van der Waals surface area contributed by atoms with E-state index in [4.69, 9.17) is 14.2 Å². The second kappa shape index (κ2) is 6.13. The van der Waals surface area contributed by atoms with Crippen LogP contribution in [0.5, 0.6) is 11.5 Å². The Hall–Kier alpha value is -2.44. The molecule has 0 bridgehead atoms. The lowest BCUT2D eigenvalue weighted by atomic mass is 10.1. The topological polar surface area (TPSA) is 70.8 Å². The average Bonchev–Trinajstić information content (AvgIpc) is 3.03. The minimum absolute atomic E-state index is 0.0713. The van der Waals surface area contributed by atoms with Crippen LogP contribution in [0.25, 0.3) is 0 Å². The first-order valence-corrected chi connectivity index (χ1v) is 6.90. The summed E-state index contributed by atoms with van der Waals surface area (Å²) in [7, 11) is 0. The van der Waals surface area contributed by atoms with Crippen molar-refractivity contribution in [3.63, 3.8) is 0 Å². The van der Waals surface area contributed by atoms with Gasteiger partial charge in [-0.15, -0.1) is 0 Å². The van der Waals surface area contributed by atoms with E-state index in [0.717, 1.165) is 5.56 Å². The number of nitro benzene ring substituents is 1. The van der Waals surface area contributed by atoms with Crippen molar-refractivity contribution in [3.8, 4) is 11.5 Å². The third-order valence-electron chi connectivity index (χ3n) is 3.40. The molecule has 6 heteroatoms. The zero-order valence-electron chi connectivity index (χ0n) is 12.0. The summed E-state index contributed by atoms with van der Waals surface area (Å²) in [5.41, 5.74) is 1.29. The summed E-state index contributed by atoms with van der Waals surface area (Å²) in [5, 5.41) is 11.3. The quantitative estimate of drug-likeness (QED) is 0.635. The van der Waals surface area contributed by atoms with Crippen LogP contribution >= 0.6 is 0 Å². The third kappa shape index (κ3) is 2.93. The number of benzene rings is 2. The molecule has 3 rings (SSSR count). The van der Waals surface area contributed by atoms with Crippen LogP contribution < -0.4 is 4.74 Å². The van der Waals surface area contributed by atoms with Gasteiger partial charge >= 0.3 is 0 Å². The molecule has 1 heterocycles. The van der Waals surface area contributed by atoms with Crippen molar-refractivity contribution in [1.29, 1.82) is 0 Å². The standard InChI is InChI=1S/C16H15NO5/c1-11-4-2-3-5-15(11)22-12-6-7-13(14(10-12)17(18)19)16-20-8-9-21-16/h2-7,10,16H,8-9H2,1H3. The lowest BCUT2D eigenvalue weighted by Gasteiger charge is -2.12. The zero-order chi connectivity index (χ0) is 15.5. The molecule has 114 valence electrons. The summed E-state index contributed by atoms with van der Waals surface area (Å²) in [6, 6.07) is 12.2. The molecule has 0 N–H and O–H groups in total. The fourth-order valence-corrected chi connectivity index (χ4v) is 2.28. The molecule has 0 radical (unpaired) electrons. The van der Waals surface area contributed by atoms with Gasteiger partial charge in [-0.2, -0.15) is 0 Å². The van der Waals surface area contributed by atoms with Gasteiger partial charge in [0, 0.05) is 0 Å². The first kappa shape index (κ1) is 14.5. The van der Waals surface area contributed by atoms with E-state index in [-0.39, 0.29) is 5.69 Å². The molecule has 1 aliphatic heterocycles. The van der Waals surface area contributed by atoms with Gasteiger partial charge in [0.05, 0.1) is 29.8 Å². The fourth-order valence-electron chi connectivity index (χ4n) is 2.28. The molecule has 2 aromatic rings. The molecule has 0 spiro atoms. The van der Waals surface area contributed by atoms with Crippen molar-refractivity contribution in [2.75, 3.05) is 13.2 Å². The van der Waals surface area contributed by atoms with Crippen molar-refractivity contribution < 1.29 is 19.1 Å². The first-order chi connectivity index (χ1) is 10.6. The fraction of sp³-hybridized carbons (Fsp3) is 0.250. The number of hydrogen-bond donors (Lipinski definition) is 0. The van der Waals surface area contributed by atoms with Crippen molar-refractivity contribution in [3.05, 3.63) is 63.7 Å². The Morgan fingerprint density at radius 3 is 2.59 bits per heavy atom. The first-order valence-electron chi connectivity index (χ1n) is 6.90. The smallest absolute Gasteiger partial charge is 0.281 e. The second-order valence-electron chi connectivity index (χ2n) is 4.92. The highest BCUT2D eigenvalue weighted by Crippen LogP contribution is 2.35. The summed E-state index contributed by atoms with van der Waals surface area (Å²) in [5.74, 6) is 1.07. The summed E-state index contributed by atoms with van der Waals surface area (Å²) < 4.78 is 16.4. The molecule has 0 atom stereocenters. The number of ether oxygens (including phenoxy) is 3.